The molecule has 2 aromatic carbocycles. The number of hydrogen-bond donors (Lipinski definition) is 1. The van der Waals surface area contributed by atoms with Crippen LogP contribution < -0.4 is 5.32 Å². The van der Waals surface area contributed by atoms with Crippen molar-refractivity contribution in [2.45, 2.75) is 22.8 Å². The molecule has 0 aliphatic heterocycles. The number of anilines is 1. The quantitative estimate of drug-likeness (QED) is 0.780. The highest BCUT2D eigenvalue weighted by atomic mass is 32.2. The lowest BCUT2D eigenvalue weighted by Crippen LogP contribution is -2.29. The van der Waals surface area contributed by atoms with E-state index in [4.69, 9.17) is 0 Å². The summed E-state index contributed by atoms with van der Waals surface area (Å²) in [6, 6.07) is 15.2. The fourth-order valence-corrected chi connectivity index (χ4v) is 4.21. The smallest absolute Gasteiger partial charge is 0.242 e. The Labute approximate surface area is 156 Å². The monoisotopic (exact) mass is 394 g/mol. The fraction of sp³-hybridized carbons (Fsp3) is 0.278. The van der Waals surface area contributed by atoms with Crippen LogP contribution in [0.3, 0.4) is 0 Å². The number of nitrogens with one attached hydrogen (secondary N) is 1. The topological polar surface area (TPSA) is 83.5 Å². The molecule has 0 spiro atoms. The van der Waals surface area contributed by atoms with Gasteiger partial charge in [0, 0.05) is 36.3 Å². The molecule has 1 amide bonds. The van der Waals surface area contributed by atoms with Gasteiger partial charge in [-0.05, 0) is 36.8 Å². The van der Waals surface area contributed by atoms with Crippen molar-refractivity contribution in [1.82, 2.24) is 4.31 Å². The summed E-state index contributed by atoms with van der Waals surface area (Å²) < 4.78 is 38.1. The Morgan fingerprint density at radius 1 is 1.12 bits per heavy atom. The number of carbonyl (C=O) groups excluding carboxylic acids is 1. The average Bonchev–Trinajstić information content (AvgIpc) is 2.61. The number of para-hydroxylation sites is 1. The number of hydrogen-bond acceptors (Lipinski definition) is 4. The number of benzene rings is 2. The molecule has 0 aliphatic carbocycles. The molecule has 1 N–H and O–H groups in total. The van der Waals surface area contributed by atoms with Crippen molar-refractivity contribution in [3.63, 3.8) is 0 Å². The summed E-state index contributed by atoms with van der Waals surface area (Å²) in [5.74, 6) is -0.244. The van der Waals surface area contributed by atoms with E-state index in [-0.39, 0.29) is 16.6 Å². The summed E-state index contributed by atoms with van der Waals surface area (Å²) in [5, 5.41) is 1.99. The Hall–Kier alpha value is -2.03. The Morgan fingerprint density at radius 3 is 2.38 bits per heavy atom. The van der Waals surface area contributed by atoms with Crippen LogP contribution in [0.4, 0.5) is 5.69 Å². The number of nitrogens with zero attached hydrogens (tertiary/aromatic N) is 1. The van der Waals surface area contributed by atoms with Gasteiger partial charge in [0.2, 0.25) is 15.9 Å². The molecule has 0 fully saturated rings. The second kappa shape index (κ2) is 8.57. The minimum absolute atomic E-state index is 0.0974. The first-order valence-corrected chi connectivity index (χ1v) is 10.8. The second-order valence-corrected chi connectivity index (χ2v) is 9.87. The zero-order valence-corrected chi connectivity index (χ0v) is 16.5. The summed E-state index contributed by atoms with van der Waals surface area (Å²) in [6.07, 6.45) is 0. The van der Waals surface area contributed by atoms with Gasteiger partial charge in [0.25, 0.3) is 0 Å². The van der Waals surface area contributed by atoms with E-state index in [1.54, 1.807) is 43.3 Å². The van der Waals surface area contributed by atoms with Gasteiger partial charge in [0.05, 0.1) is 4.90 Å². The first kappa shape index (κ1) is 20.3. The van der Waals surface area contributed by atoms with Crippen LogP contribution in [0.15, 0.2) is 59.5 Å². The van der Waals surface area contributed by atoms with Gasteiger partial charge in [0.1, 0.15) is 5.25 Å². The van der Waals surface area contributed by atoms with E-state index >= 15 is 0 Å². The van der Waals surface area contributed by atoms with E-state index < -0.39 is 26.1 Å². The Bertz CT molecular complexity index is 896. The Balaban J connectivity index is 2.08. The van der Waals surface area contributed by atoms with Crippen molar-refractivity contribution in [2.75, 3.05) is 19.4 Å². The summed E-state index contributed by atoms with van der Waals surface area (Å²) in [4.78, 5) is 12.4. The lowest BCUT2D eigenvalue weighted by atomic mass is 10.2. The molecule has 2 rings (SSSR count). The molecule has 0 aliphatic rings. The summed E-state index contributed by atoms with van der Waals surface area (Å²) in [7, 11) is -2.13. The largest absolute Gasteiger partial charge is 0.325 e. The highest BCUT2D eigenvalue weighted by molar-refractivity contribution is 7.89. The van der Waals surface area contributed by atoms with E-state index in [9.17, 15) is 17.4 Å². The molecule has 0 unspecified atom stereocenters. The maximum Gasteiger partial charge on any atom is 0.242 e. The maximum atomic E-state index is 12.5. The molecule has 8 heteroatoms. The van der Waals surface area contributed by atoms with Gasteiger partial charge in [0.15, 0.2) is 0 Å². The molecular weight excluding hydrogens is 372 g/mol. The van der Waals surface area contributed by atoms with E-state index in [1.165, 1.54) is 26.2 Å². The molecule has 140 valence electrons. The van der Waals surface area contributed by atoms with E-state index in [2.05, 4.69) is 5.32 Å². The highest BCUT2D eigenvalue weighted by Gasteiger charge is 2.22. The molecule has 0 radical (unpaired) electrons. The van der Waals surface area contributed by atoms with Gasteiger partial charge in [-0.3, -0.25) is 9.00 Å². The van der Waals surface area contributed by atoms with Crippen molar-refractivity contribution in [2.24, 2.45) is 0 Å². The second-order valence-electron chi connectivity index (χ2n) is 5.96. The SMILES string of the molecule is C[C@H](C(=O)Nc1ccccc1)[S@@](=O)Cc1cccc(S(=O)(=O)N(C)C)c1. The number of sulfonamides is 1. The number of carbonyl (C=O) groups is 1. The van der Waals surface area contributed by atoms with Crippen molar-refractivity contribution >= 4 is 32.4 Å². The molecule has 2 aromatic rings. The van der Waals surface area contributed by atoms with Crippen LogP contribution in [0.25, 0.3) is 0 Å². The normalized spacial score (nSPS) is 14.0. The summed E-state index contributed by atoms with van der Waals surface area (Å²) in [6.45, 7) is 1.59. The maximum absolute atomic E-state index is 12.5. The van der Waals surface area contributed by atoms with Crippen LogP contribution in [-0.2, 0) is 31.4 Å². The fourth-order valence-electron chi connectivity index (χ4n) is 2.18. The molecule has 26 heavy (non-hydrogen) atoms. The number of amides is 1. The van der Waals surface area contributed by atoms with Gasteiger partial charge in [-0.2, -0.15) is 0 Å². The standard InChI is InChI=1S/C18H22N2O4S2/c1-14(18(21)19-16-9-5-4-6-10-16)25(22)13-15-8-7-11-17(12-15)26(23,24)20(2)3/h4-12,14H,13H2,1-3H3,(H,19,21)/t14-,25+/m1/s1. The molecule has 0 saturated heterocycles. The zero-order chi connectivity index (χ0) is 19.3. The first-order valence-electron chi connectivity index (χ1n) is 7.96. The Morgan fingerprint density at radius 2 is 1.77 bits per heavy atom. The predicted octanol–water partition coefficient (Wildman–Crippen LogP) is 2.21. The van der Waals surface area contributed by atoms with Crippen LogP contribution in [0.1, 0.15) is 12.5 Å². The van der Waals surface area contributed by atoms with Crippen LogP contribution in [0.2, 0.25) is 0 Å². The minimum atomic E-state index is -3.56. The molecule has 6 nitrogen and oxygen atoms in total. The molecule has 0 bridgehead atoms. The van der Waals surface area contributed by atoms with Crippen LogP contribution in [-0.4, -0.2) is 42.2 Å². The third-order valence-corrected chi connectivity index (χ3v) is 7.22. The lowest BCUT2D eigenvalue weighted by Gasteiger charge is -2.14. The number of rotatable bonds is 7. The molecule has 0 aromatic heterocycles. The van der Waals surface area contributed by atoms with Gasteiger partial charge >= 0.3 is 0 Å². The zero-order valence-electron chi connectivity index (χ0n) is 14.9. The van der Waals surface area contributed by atoms with Crippen LogP contribution >= 0.6 is 0 Å². The molecule has 2 atom stereocenters. The minimum Gasteiger partial charge on any atom is -0.325 e. The molecule has 0 saturated carbocycles. The predicted molar refractivity (Wildman–Crippen MR) is 104 cm³/mol. The van der Waals surface area contributed by atoms with Crippen molar-refractivity contribution in [1.29, 1.82) is 0 Å². The van der Waals surface area contributed by atoms with Crippen molar-refractivity contribution < 1.29 is 17.4 Å². The van der Waals surface area contributed by atoms with E-state index in [0.29, 0.717) is 11.3 Å². The Kier molecular flexibility index (Phi) is 6.69. The lowest BCUT2D eigenvalue weighted by molar-refractivity contribution is -0.115. The van der Waals surface area contributed by atoms with E-state index in [1.807, 2.05) is 6.07 Å². The van der Waals surface area contributed by atoms with Gasteiger partial charge in [-0.1, -0.05) is 30.3 Å². The van der Waals surface area contributed by atoms with Crippen molar-refractivity contribution in [3.8, 4) is 0 Å². The van der Waals surface area contributed by atoms with Crippen molar-refractivity contribution in [3.05, 3.63) is 60.2 Å². The first-order chi connectivity index (χ1) is 12.2. The molecular formula is C18H22N2O4S2. The summed E-state index contributed by atoms with van der Waals surface area (Å²) in [5.41, 5.74) is 1.24. The van der Waals surface area contributed by atoms with Gasteiger partial charge in [-0.25, -0.2) is 12.7 Å². The molecule has 0 heterocycles. The highest BCUT2D eigenvalue weighted by Crippen LogP contribution is 2.17. The van der Waals surface area contributed by atoms with Crippen LogP contribution in [0.5, 0.6) is 0 Å². The van der Waals surface area contributed by atoms with E-state index in [0.717, 1.165) is 4.31 Å². The summed E-state index contributed by atoms with van der Waals surface area (Å²) >= 11 is 0. The third-order valence-electron chi connectivity index (χ3n) is 3.79. The average molecular weight is 395 g/mol. The van der Waals surface area contributed by atoms with Gasteiger partial charge in [-0.15, -0.1) is 0 Å². The van der Waals surface area contributed by atoms with Crippen LogP contribution in [0, 0.1) is 0 Å². The van der Waals surface area contributed by atoms with Gasteiger partial charge < -0.3 is 5.32 Å². The third kappa shape index (κ3) is 5.00.